The molecule has 0 spiro atoms. The van der Waals surface area contributed by atoms with E-state index in [0.29, 0.717) is 6.54 Å². The number of likely N-dealkylation sites (N-methyl/N-ethyl adjacent to an activating group) is 1. The molecule has 6 heteroatoms. The number of aromatic nitrogens is 1. The van der Waals surface area contributed by atoms with E-state index < -0.39 is 5.56 Å². The second-order valence-corrected chi connectivity index (χ2v) is 3.14. The van der Waals surface area contributed by atoms with E-state index in [1.807, 2.05) is 24.2 Å². The molecule has 1 aromatic heterocycles. The van der Waals surface area contributed by atoms with Crippen molar-refractivity contribution in [2.75, 3.05) is 27.2 Å². The quantitative estimate of drug-likeness (QED) is 0.669. The first kappa shape index (κ1) is 10.5. The van der Waals surface area contributed by atoms with Crippen LogP contribution in [-0.2, 0) is 0 Å². The summed E-state index contributed by atoms with van der Waals surface area (Å²) in [6, 6.07) is 1.12. The van der Waals surface area contributed by atoms with Gasteiger partial charge in [-0.15, -0.1) is 0 Å². The number of hydrogen-bond donors (Lipinski definition) is 2. The number of hydrogen-bond acceptors (Lipinski definition) is 4. The van der Waals surface area contributed by atoms with Crippen LogP contribution in [0, 0.1) is 0 Å². The average Bonchev–Trinajstić information content (AvgIpc) is 2.51. The Bertz CT molecular complexity index is 353. The highest BCUT2D eigenvalue weighted by molar-refractivity contribution is 5.91. The molecule has 0 aliphatic carbocycles. The summed E-state index contributed by atoms with van der Waals surface area (Å²) in [6.07, 6.45) is 0. The first-order chi connectivity index (χ1) is 6.59. The molecular formula is C8H13N3O3. The maximum atomic E-state index is 11.3. The van der Waals surface area contributed by atoms with Gasteiger partial charge in [-0.25, -0.2) is 0 Å². The van der Waals surface area contributed by atoms with Gasteiger partial charge in [0.2, 0.25) is 5.76 Å². The van der Waals surface area contributed by atoms with Gasteiger partial charge in [-0.05, 0) is 14.1 Å². The molecule has 0 saturated carbocycles. The highest BCUT2D eigenvalue weighted by Gasteiger charge is 2.09. The number of H-pyrrole nitrogens is 1. The Kier molecular flexibility index (Phi) is 3.47. The summed E-state index contributed by atoms with van der Waals surface area (Å²) in [5.41, 5.74) is -0.414. The molecule has 0 fully saturated rings. The molecule has 0 aromatic carbocycles. The van der Waals surface area contributed by atoms with Gasteiger partial charge in [0.15, 0.2) is 0 Å². The minimum Gasteiger partial charge on any atom is -0.373 e. The molecule has 2 N–H and O–H groups in total. The summed E-state index contributed by atoms with van der Waals surface area (Å²) >= 11 is 0. The molecule has 78 valence electrons. The molecule has 0 unspecified atom stereocenters. The Morgan fingerprint density at radius 2 is 2.36 bits per heavy atom. The summed E-state index contributed by atoms with van der Waals surface area (Å²) in [4.78, 5) is 23.8. The van der Waals surface area contributed by atoms with Crippen molar-refractivity contribution in [3.8, 4) is 0 Å². The van der Waals surface area contributed by atoms with E-state index >= 15 is 0 Å². The number of nitrogens with zero attached hydrogens (tertiary/aromatic N) is 1. The van der Waals surface area contributed by atoms with Gasteiger partial charge in [0.05, 0.1) is 6.07 Å². The van der Waals surface area contributed by atoms with Crippen LogP contribution in [0.25, 0.3) is 0 Å². The zero-order valence-corrected chi connectivity index (χ0v) is 8.16. The summed E-state index contributed by atoms with van der Waals surface area (Å²) in [5.74, 6) is -0.376. The van der Waals surface area contributed by atoms with E-state index in [4.69, 9.17) is 0 Å². The molecule has 14 heavy (non-hydrogen) atoms. The summed E-state index contributed by atoms with van der Waals surface area (Å²) < 4.78 is 4.62. The fraction of sp³-hybridized carbons (Fsp3) is 0.500. The Hall–Kier alpha value is -1.56. The van der Waals surface area contributed by atoms with Crippen molar-refractivity contribution in [1.29, 1.82) is 0 Å². The van der Waals surface area contributed by atoms with Gasteiger partial charge in [0.25, 0.3) is 11.5 Å². The molecule has 0 aliphatic rings. The second-order valence-electron chi connectivity index (χ2n) is 3.14. The largest absolute Gasteiger partial charge is 0.373 e. The van der Waals surface area contributed by atoms with Crippen molar-refractivity contribution in [2.45, 2.75) is 0 Å². The minimum atomic E-state index is -0.414. The van der Waals surface area contributed by atoms with E-state index in [-0.39, 0.29) is 11.7 Å². The van der Waals surface area contributed by atoms with Crippen LogP contribution in [-0.4, -0.2) is 43.1 Å². The second kappa shape index (κ2) is 4.61. The first-order valence-corrected chi connectivity index (χ1v) is 4.21. The molecule has 0 bridgehead atoms. The van der Waals surface area contributed by atoms with E-state index in [1.54, 1.807) is 0 Å². The van der Waals surface area contributed by atoms with Gasteiger partial charge < -0.3 is 14.7 Å². The molecule has 1 rings (SSSR count). The summed E-state index contributed by atoms with van der Waals surface area (Å²) in [6.45, 7) is 1.25. The Morgan fingerprint density at radius 3 is 2.86 bits per heavy atom. The number of carbonyl (C=O) groups excluding carboxylic acids is 1. The van der Waals surface area contributed by atoms with Crippen LogP contribution in [0.3, 0.4) is 0 Å². The molecular weight excluding hydrogens is 186 g/mol. The van der Waals surface area contributed by atoms with E-state index in [0.717, 1.165) is 12.6 Å². The molecule has 0 saturated heterocycles. The maximum Gasteiger partial charge on any atom is 0.289 e. The van der Waals surface area contributed by atoms with E-state index in [2.05, 4.69) is 9.84 Å². The fourth-order valence-corrected chi connectivity index (χ4v) is 0.875. The topological polar surface area (TPSA) is 78.3 Å². The maximum absolute atomic E-state index is 11.3. The van der Waals surface area contributed by atoms with E-state index in [1.165, 1.54) is 0 Å². The third kappa shape index (κ3) is 3.06. The normalized spacial score (nSPS) is 10.5. The Labute approximate surface area is 80.9 Å². The highest BCUT2D eigenvalue weighted by atomic mass is 16.5. The lowest BCUT2D eigenvalue weighted by Gasteiger charge is -2.08. The van der Waals surface area contributed by atoms with Gasteiger partial charge >= 0.3 is 0 Å². The molecule has 1 aromatic rings. The average molecular weight is 199 g/mol. The standard InChI is InChI=1S/C8H13N3O3/c1-11(2)4-3-9-8(13)6-5-7(12)10-14-6/h5H,3-4H2,1-2H3,(H,9,13)(H,10,12). The monoisotopic (exact) mass is 199 g/mol. The van der Waals surface area contributed by atoms with Crippen molar-refractivity contribution in [3.05, 3.63) is 22.2 Å². The van der Waals surface area contributed by atoms with Crippen molar-refractivity contribution in [1.82, 2.24) is 15.4 Å². The molecule has 0 aliphatic heterocycles. The lowest BCUT2D eigenvalue weighted by Crippen LogP contribution is -2.31. The molecule has 1 amide bonds. The van der Waals surface area contributed by atoms with Crippen molar-refractivity contribution in [2.24, 2.45) is 0 Å². The lowest BCUT2D eigenvalue weighted by atomic mass is 10.4. The third-order valence-corrected chi connectivity index (χ3v) is 1.59. The van der Waals surface area contributed by atoms with Crippen molar-refractivity contribution < 1.29 is 9.32 Å². The van der Waals surface area contributed by atoms with Crippen LogP contribution in [0.15, 0.2) is 15.4 Å². The van der Waals surface area contributed by atoms with Gasteiger partial charge in [0.1, 0.15) is 0 Å². The van der Waals surface area contributed by atoms with Crippen LogP contribution in [0.1, 0.15) is 10.6 Å². The minimum absolute atomic E-state index is 0.00811. The smallest absolute Gasteiger partial charge is 0.289 e. The number of aromatic amines is 1. The Balaban J connectivity index is 2.40. The predicted octanol–water partition coefficient (Wildman–Crippen LogP) is -0.741. The van der Waals surface area contributed by atoms with Gasteiger partial charge in [-0.1, -0.05) is 0 Å². The highest BCUT2D eigenvalue weighted by Crippen LogP contribution is 1.90. The first-order valence-electron chi connectivity index (χ1n) is 4.21. The molecule has 0 atom stereocenters. The number of amides is 1. The molecule has 6 nitrogen and oxygen atoms in total. The van der Waals surface area contributed by atoms with Crippen LogP contribution >= 0.6 is 0 Å². The number of carbonyl (C=O) groups is 1. The van der Waals surface area contributed by atoms with Crippen molar-refractivity contribution in [3.63, 3.8) is 0 Å². The van der Waals surface area contributed by atoms with Crippen LogP contribution in [0.5, 0.6) is 0 Å². The Morgan fingerprint density at radius 1 is 1.64 bits per heavy atom. The van der Waals surface area contributed by atoms with Gasteiger partial charge in [-0.3, -0.25) is 9.59 Å². The number of rotatable bonds is 4. The zero-order valence-electron chi connectivity index (χ0n) is 8.16. The number of nitrogens with one attached hydrogen (secondary N) is 2. The third-order valence-electron chi connectivity index (χ3n) is 1.59. The zero-order chi connectivity index (χ0) is 10.6. The molecule has 1 heterocycles. The predicted molar refractivity (Wildman–Crippen MR) is 50.2 cm³/mol. The SMILES string of the molecule is CN(C)CCNC(=O)c1cc(=O)[nH]o1. The van der Waals surface area contributed by atoms with Crippen LogP contribution in [0.2, 0.25) is 0 Å². The van der Waals surface area contributed by atoms with E-state index in [9.17, 15) is 9.59 Å². The lowest BCUT2D eigenvalue weighted by molar-refractivity contribution is 0.0914. The van der Waals surface area contributed by atoms with Crippen LogP contribution in [0.4, 0.5) is 0 Å². The summed E-state index contributed by atoms with van der Waals surface area (Å²) in [7, 11) is 3.81. The van der Waals surface area contributed by atoms with Crippen molar-refractivity contribution >= 4 is 5.91 Å². The molecule has 0 radical (unpaired) electrons. The fourth-order valence-electron chi connectivity index (χ4n) is 0.875. The van der Waals surface area contributed by atoms with Gasteiger partial charge in [0, 0.05) is 13.1 Å². The summed E-state index contributed by atoms with van der Waals surface area (Å²) in [5, 5.41) is 4.66. The van der Waals surface area contributed by atoms with Gasteiger partial charge in [-0.2, -0.15) is 5.16 Å². The van der Waals surface area contributed by atoms with Crippen LogP contribution < -0.4 is 10.9 Å².